The standard InChI is InChI=1S/C15H19N3O5S/c1-17(9-12-3-2-7-23-12)15(20)13-4-5-14(19)18(16-13)11-6-8-24(21,22)10-11/h2-3,7,11H,4-6,8-10H2,1H3/t11-/m0/s1. The summed E-state index contributed by atoms with van der Waals surface area (Å²) in [6, 6.07) is 3.04. The van der Waals surface area contributed by atoms with E-state index in [1.165, 1.54) is 16.2 Å². The van der Waals surface area contributed by atoms with Gasteiger partial charge in [-0.3, -0.25) is 9.59 Å². The van der Waals surface area contributed by atoms with Crippen LogP contribution in [-0.2, 0) is 26.0 Å². The Labute approximate surface area is 140 Å². The Kier molecular flexibility index (Phi) is 4.44. The van der Waals surface area contributed by atoms with Crippen molar-refractivity contribution in [2.24, 2.45) is 5.10 Å². The molecule has 1 fully saturated rings. The van der Waals surface area contributed by atoms with Gasteiger partial charge in [-0.2, -0.15) is 5.10 Å². The molecule has 0 saturated carbocycles. The molecule has 130 valence electrons. The van der Waals surface area contributed by atoms with Gasteiger partial charge in [-0.05, 0) is 18.6 Å². The topological polar surface area (TPSA) is 100 Å². The number of sulfone groups is 1. The van der Waals surface area contributed by atoms with Crippen LogP contribution in [0.1, 0.15) is 25.0 Å². The van der Waals surface area contributed by atoms with Crippen LogP contribution in [-0.4, -0.2) is 60.4 Å². The molecule has 1 atom stereocenters. The van der Waals surface area contributed by atoms with Gasteiger partial charge in [0.1, 0.15) is 11.5 Å². The second-order valence-electron chi connectivity index (χ2n) is 6.08. The van der Waals surface area contributed by atoms with Gasteiger partial charge < -0.3 is 9.32 Å². The van der Waals surface area contributed by atoms with E-state index in [-0.39, 0.29) is 41.9 Å². The molecular formula is C15H19N3O5S. The Balaban J connectivity index is 1.73. The van der Waals surface area contributed by atoms with Crippen LogP contribution < -0.4 is 0 Å². The Morgan fingerprint density at radius 1 is 1.46 bits per heavy atom. The van der Waals surface area contributed by atoms with E-state index in [9.17, 15) is 18.0 Å². The summed E-state index contributed by atoms with van der Waals surface area (Å²) >= 11 is 0. The van der Waals surface area contributed by atoms with Crippen molar-refractivity contribution in [1.29, 1.82) is 0 Å². The minimum absolute atomic E-state index is 0.0542. The first-order chi connectivity index (χ1) is 11.4. The highest BCUT2D eigenvalue weighted by Crippen LogP contribution is 2.22. The average Bonchev–Trinajstić information content (AvgIpc) is 3.16. The lowest BCUT2D eigenvalue weighted by Crippen LogP contribution is -2.44. The molecule has 0 spiro atoms. The molecule has 0 unspecified atom stereocenters. The molecule has 1 aromatic rings. The van der Waals surface area contributed by atoms with Crippen molar-refractivity contribution in [2.75, 3.05) is 18.6 Å². The minimum Gasteiger partial charge on any atom is -0.467 e. The maximum atomic E-state index is 12.5. The highest BCUT2D eigenvalue weighted by molar-refractivity contribution is 7.91. The predicted octanol–water partition coefficient (Wildman–Crippen LogP) is 0.403. The summed E-state index contributed by atoms with van der Waals surface area (Å²) < 4.78 is 28.5. The van der Waals surface area contributed by atoms with Gasteiger partial charge in [0.05, 0.1) is 30.4 Å². The van der Waals surface area contributed by atoms with Crippen molar-refractivity contribution in [3.05, 3.63) is 24.2 Å². The van der Waals surface area contributed by atoms with Crippen molar-refractivity contribution < 1.29 is 22.4 Å². The summed E-state index contributed by atoms with van der Waals surface area (Å²) in [6.07, 6.45) is 2.32. The molecule has 2 aliphatic rings. The molecule has 9 heteroatoms. The van der Waals surface area contributed by atoms with E-state index >= 15 is 0 Å². The summed E-state index contributed by atoms with van der Waals surface area (Å²) in [4.78, 5) is 26.1. The predicted molar refractivity (Wildman–Crippen MR) is 85.8 cm³/mol. The lowest BCUT2D eigenvalue weighted by molar-refractivity contribution is -0.134. The van der Waals surface area contributed by atoms with Crippen LogP contribution in [0, 0.1) is 0 Å². The van der Waals surface area contributed by atoms with E-state index in [2.05, 4.69) is 5.10 Å². The molecule has 0 N–H and O–H groups in total. The third-order valence-electron chi connectivity index (χ3n) is 4.18. The number of rotatable bonds is 4. The summed E-state index contributed by atoms with van der Waals surface area (Å²) in [5, 5.41) is 5.37. The Morgan fingerprint density at radius 2 is 2.25 bits per heavy atom. The van der Waals surface area contributed by atoms with Gasteiger partial charge >= 0.3 is 0 Å². The van der Waals surface area contributed by atoms with Gasteiger partial charge in [0.15, 0.2) is 9.84 Å². The number of nitrogens with zero attached hydrogens (tertiary/aromatic N) is 3. The first kappa shape index (κ1) is 16.7. The number of hydrogen-bond donors (Lipinski definition) is 0. The molecule has 3 rings (SSSR count). The molecule has 2 aliphatic heterocycles. The van der Waals surface area contributed by atoms with E-state index in [1.54, 1.807) is 19.2 Å². The van der Waals surface area contributed by atoms with E-state index in [0.29, 0.717) is 18.7 Å². The second-order valence-corrected chi connectivity index (χ2v) is 8.31. The quantitative estimate of drug-likeness (QED) is 0.780. The molecule has 1 aromatic heterocycles. The molecule has 0 aromatic carbocycles. The van der Waals surface area contributed by atoms with Crippen LogP contribution in [0.3, 0.4) is 0 Å². The molecule has 0 radical (unpaired) electrons. The zero-order valence-corrected chi connectivity index (χ0v) is 14.2. The van der Waals surface area contributed by atoms with E-state index in [4.69, 9.17) is 4.42 Å². The highest BCUT2D eigenvalue weighted by Gasteiger charge is 2.37. The average molecular weight is 353 g/mol. The van der Waals surface area contributed by atoms with Crippen molar-refractivity contribution >= 4 is 27.4 Å². The van der Waals surface area contributed by atoms with Crippen LogP contribution in [0.15, 0.2) is 27.9 Å². The van der Waals surface area contributed by atoms with Crippen LogP contribution in [0.25, 0.3) is 0 Å². The molecule has 0 aliphatic carbocycles. The van der Waals surface area contributed by atoms with Crippen molar-refractivity contribution in [3.8, 4) is 0 Å². The van der Waals surface area contributed by atoms with Gasteiger partial charge in [0, 0.05) is 19.9 Å². The summed E-state index contributed by atoms with van der Waals surface area (Å²) in [7, 11) is -1.49. The Hall–Kier alpha value is -2.16. The van der Waals surface area contributed by atoms with Gasteiger partial charge in [0.25, 0.3) is 5.91 Å². The molecule has 0 bridgehead atoms. The van der Waals surface area contributed by atoms with E-state index < -0.39 is 15.9 Å². The summed E-state index contributed by atoms with van der Waals surface area (Å²) in [6.45, 7) is 0.302. The number of amides is 2. The zero-order valence-electron chi connectivity index (χ0n) is 13.3. The fourth-order valence-electron chi connectivity index (χ4n) is 2.91. The fraction of sp³-hybridized carbons (Fsp3) is 0.533. The third kappa shape index (κ3) is 3.50. The van der Waals surface area contributed by atoms with Crippen LogP contribution in [0.4, 0.5) is 0 Å². The first-order valence-electron chi connectivity index (χ1n) is 7.73. The monoisotopic (exact) mass is 353 g/mol. The lowest BCUT2D eigenvalue weighted by atomic mass is 10.1. The number of hydrogen-bond acceptors (Lipinski definition) is 6. The first-order valence-corrected chi connectivity index (χ1v) is 9.56. The van der Waals surface area contributed by atoms with Gasteiger partial charge in [-0.25, -0.2) is 13.4 Å². The highest BCUT2D eigenvalue weighted by atomic mass is 32.2. The smallest absolute Gasteiger partial charge is 0.270 e. The van der Waals surface area contributed by atoms with E-state index in [0.717, 1.165) is 0 Å². The molecule has 3 heterocycles. The normalized spacial score (nSPS) is 23.2. The summed E-state index contributed by atoms with van der Waals surface area (Å²) in [5.74, 6) is 0.0917. The maximum Gasteiger partial charge on any atom is 0.270 e. The summed E-state index contributed by atoms with van der Waals surface area (Å²) in [5.41, 5.74) is 0.271. The lowest BCUT2D eigenvalue weighted by Gasteiger charge is -2.28. The van der Waals surface area contributed by atoms with Crippen LogP contribution >= 0.6 is 0 Å². The minimum atomic E-state index is -3.13. The van der Waals surface area contributed by atoms with Crippen molar-refractivity contribution in [2.45, 2.75) is 31.8 Å². The SMILES string of the molecule is CN(Cc1ccco1)C(=O)C1=NN([C@H]2CCS(=O)(=O)C2)C(=O)CC1. The van der Waals surface area contributed by atoms with Crippen LogP contribution in [0.2, 0.25) is 0 Å². The zero-order chi connectivity index (χ0) is 17.3. The Bertz CT molecular complexity index is 769. The number of furan rings is 1. The fourth-order valence-corrected chi connectivity index (χ4v) is 4.60. The third-order valence-corrected chi connectivity index (χ3v) is 5.93. The van der Waals surface area contributed by atoms with Gasteiger partial charge in [0.2, 0.25) is 5.91 Å². The largest absolute Gasteiger partial charge is 0.467 e. The van der Waals surface area contributed by atoms with Crippen LogP contribution in [0.5, 0.6) is 0 Å². The van der Waals surface area contributed by atoms with Gasteiger partial charge in [-0.1, -0.05) is 0 Å². The number of carbonyl (C=O) groups is 2. The molecule has 1 saturated heterocycles. The Morgan fingerprint density at radius 3 is 2.88 bits per heavy atom. The number of hydrazone groups is 1. The molecule has 24 heavy (non-hydrogen) atoms. The van der Waals surface area contributed by atoms with E-state index in [1.807, 2.05) is 0 Å². The van der Waals surface area contributed by atoms with Gasteiger partial charge in [-0.15, -0.1) is 0 Å². The van der Waals surface area contributed by atoms with Crippen molar-refractivity contribution in [1.82, 2.24) is 9.91 Å². The van der Waals surface area contributed by atoms with Crippen molar-refractivity contribution in [3.63, 3.8) is 0 Å². The number of carbonyl (C=O) groups excluding carboxylic acids is 2. The molecule has 2 amide bonds. The molecule has 8 nitrogen and oxygen atoms in total. The molecular weight excluding hydrogens is 334 g/mol. The maximum absolute atomic E-state index is 12.5. The second kappa shape index (κ2) is 6.39.